The van der Waals surface area contributed by atoms with Crippen LogP contribution in [0.5, 0.6) is 0 Å². The fraction of sp³-hybridized carbons (Fsp3) is 0.294. The van der Waals surface area contributed by atoms with Crippen molar-refractivity contribution < 1.29 is 13.9 Å². The van der Waals surface area contributed by atoms with Crippen molar-refractivity contribution in [2.45, 2.75) is 12.8 Å². The summed E-state index contributed by atoms with van der Waals surface area (Å²) in [4.78, 5) is 18.2. The number of rotatable bonds is 4. The van der Waals surface area contributed by atoms with Crippen molar-refractivity contribution in [2.75, 3.05) is 25.1 Å². The van der Waals surface area contributed by atoms with Gasteiger partial charge in [-0.2, -0.15) is 0 Å². The zero-order valence-corrected chi connectivity index (χ0v) is 13.5. The monoisotopic (exact) mass is 332 g/mol. The van der Waals surface area contributed by atoms with Crippen LogP contribution in [0.3, 0.4) is 0 Å². The number of furan rings is 1. The fourth-order valence-corrected chi connectivity index (χ4v) is 2.71. The Bertz CT molecular complexity index is 733. The minimum absolute atomic E-state index is 0.293. The average Bonchev–Trinajstić information content (AvgIpc) is 3.24. The summed E-state index contributed by atoms with van der Waals surface area (Å²) < 4.78 is 10.5. The summed E-state index contributed by atoms with van der Waals surface area (Å²) in [5.41, 5.74) is 0.898. The first-order chi connectivity index (χ1) is 11.2. The maximum atomic E-state index is 11.6. The van der Waals surface area contributed by atoms with E-state index in [1.54, 1.807) is 24.4 Å². The van der Waals surface area contributed by atoms with Crippen LogP contribution in [0, 0.1) is 0 Å². The number of aliphatic imine (C=N–C) groups is 1. The molecule has 0 unspecified atom stereocenters. The molecular formula is C17H17ClN2O3. The van der Waals surface area contributed by atoms with E-state index in [0.717, 1.165) is 19.0 Å². The first kappa shape index (κ1) is 15.6. The van der Waals surface area contributed by atoms with Crippen LogP contribution in [0.15, 0.2) is 39.7 Å². The third-order valence-corrected chi connectivity index (χ3v) is 4.06. The molecule has 0 amide bonds. The summed E-state index contributed by atoms with van der Waals surface area (Å²) in [6, 6.07) is 8.78. The first-order valence-electron chi connectivity index (χ1n) is 7.44. The molecule has 23 heavy (non-hydrogen) atoms. The molecule has 2 aromatic rings. The molecule has 1 aliphatic heterocycles. The Morgan fingerprint density at radius 1 is 1.30 bits per heavy atom. The van der Waals surface area contributed by atoms with Gasteiger partial charge in [-0.3, -0.25) is 4.99 Å². The van der Waals surface area contributed by atoms with Gasteiger partial charge in [-0.15, -0.1) is 0 Å². The van der Waals surface area contributed by atoms with Gasteiger partial charge in [0.15, 0.2) is 5.88 Å². The Morgan fingerprint density at radius 3 is 2.83 bits per heavy atom. The molecule has 1 aromatic heterocycles. The van der Waals surface area contributed by atoms with Gasteiger partial charge in [0.25, 0.3) is 0 Å². The van der Waals surface area contributed by atoms with Crippen LogP contribution in [0.2, 0.25) is 5.02 Å². The summed E-state index contributed by atoms with van der Waals surface area (Å²) in [5, 5.41) is 0.338. The summed E-state index contributed by atoms with van der Waals surface area (Å²) in [6.07, 6.45) is 4.03. The minimum Gasteiger partial charge on any atom is -0.465 e. The van der Waals surface area contributed by atoms with E-state index in [0.29, 0.717) is 22.0 Å². The van der Waals surface area contributed by atoms with E-state index in [2.05, 4.69) is 9.89 Å². The molecule has 0 N–H and O–H groups in total. The molecule has 1 fully saturated rings. The lowest BCUT2D eigenvalue weighted by molar-refractivity contribution is 0.0601. The number of benzene rings is 1. The van der Waals surface area contributed by atoms with Crippen LogP contribution in [-0.2, 0) is 4.74 Å². The van der Waals surface area contributed by atoms with Crippen LogP contribution in [0.1, 0.15) is 29.0 Å². The van der Waals surface area contributed by atoms with Crippen molar-refractivity contribution in [3.05, 3.63) is 46.7 Å². The Morgan fingerprint density at radius 2 is 2.09 bits per heavy atom. The summed E-state index contributed by atoms with van der Waals surface area (Å²) in [6.45, 7) is 2.06. The smallest absolute Gasteiger partial charge is 0.339 e. The number of methoxy groups -OCH3 is 1. The highest BCUT2D eigenvalue weighted by Crippen LogP contribution is 2.25. The maximum Gasteiger partial charge on any atom is 0.339 e. The summed E-state index contributed by atoms with van der Waals surface area (Å²) >= 11 is 5.99. The molecule has 0 radical (unpaired) electrons. The van der Waals surface area contributed by atoms with E-state index >= 15 is 0 Å². The van der Waals surface area contributed by atoms with Crippen LogP contribution in [0.25, 0.3) is 0 Å². The number of esters is 1. The van der Waals surface area contributed by atoms with Crippen LogP contribution >= 0.6 is 11.6 Å². The molecule has 1 saturated heterocycles. The zero-order valence-electron chi connectivity index (χ0n) is 12.8. The quantitative estimate of drug-likeness (QED) is 0.625. The first-order valence-corrected chi connectivity index (χ1v) is 7.82. The second-order valence-corrected chi connectivity index (χ2v) is 5.69. The third-order valence-electron chi connectivity index (χ3n) is 3.73. The third kappa shape index (κ3) is 3.56. The lowest BCUT2D eigenvalue weighted by Gasteiger charge is -2.12. The Kier molecular flexibility index (Phi) is 4.67. The molecule has 0 spiro atoms. The second kappa shape index (κ2) is 6.87. The number of anilines is 1. The molecule has 6 heteroatoms. The average molecular weight is 333 g/mol. The predicted octanol–water partition coefficient (Wildman–Crippen LogP) is 4.07. The highest BCUT2D eigenvalue weighted by molar-refractivity contribution is 6.33. The van der Waals surface area contributed by atoms with E-state index in [1.807, 2.05) is 12.1 Å². The molecule has 0 saturated carbocycles. The van der Waals surface area contributed by atoms with E-state index in [4.69, 9.17) is 20.8 Å². The van der Waals surface area contributed by atoms with Crippen LogP contribution < -0.4 is 4.90 Å². The van der Waals surface area contributed by atoms with E-state index < -0.39 is 5.97 Å². The molecular weight excluding hydrogens is 316 g/mol. The molecule has 1 aromatic carbocycles. The molecule has 0 atom stereocenters. The number of hydrogen-bond donors (Lipinski definition) is 0. The van der Waals surface area contributed by atoms with Gasteiger partial charge >= 0.3 is 5.97 Å². The number of carbonyl (C=O) groups is 1. The van der Waals surface area contributed by atoms with E-state index in [-0.39, 0.29) is 0 Å². The number of halogens is 1. The van der Waals surface area contributed by atoms with Crippen LogP contribution in [-0.4, -0.2) is 32.4 Å². The molecule has 3 rings (SSSR count). The van der Waals surface area contributed by atoms with Crippen molar-refractivity contribution in [1.82, 2.24) is 0 Å². The lowest BCUT2D eigenvalue weighted by Crippen LogP contribution is -2.16. The fourth-order valence-electron chi connectivity index (χ4n) is 2.52. The zero-order chi connectivity index (χ0) is 16.2. The lowest BCUT2D eigenvalue weighted by atomic mass is 10.2. The topological polar surface area (TPSA) is 55.0 Å². The maximum absolute atomic E-state index is 11.6. The standard InChI is InChI=1S/C17H17ClN2O3/c1-22-17(21)14-10-12(4-6-15(14)18)19-11-13-5-7-16(23-13)20-8-2-3-9-20/h4-7,10-11H,2-3,8-9H2,1H3. The largest absolute Gasteiger partial charge is 0.465 e. The Balaban J connectivity index is 1.76. The second-order valence-electron chi connectivity index (χ2n) is 5.28. The summed E-state index contributed by atoms with van der Waals surface area (Å²) in [5.74, 6) is 1.05. The predicted molar refractivity (Wildman–Crippen MR) is 90.2 cm³/mol. The highest BCUT2D eigenvalue weighted by Gasteiger charge is 2.15. The van der Waals surface area contributed by atoms with Gasteiger partial charge in [0.1, 0.15) is 5.76 Å². The molecule has 0 aliphatic carbocycles. The SMILES string of the molecule is COC(=O)c1cc(N=Cc2ccc(N3CCCC3)o2)ccc1Cl. The van der Waals surface area contributed by atoms with Gasteiger partial charge in [0.05, 0.1) is 29.6 Å². The van der Waals surface area contributed by atoms with Crippen molar-refractivity contribution in [1.29, 1.82) is 0 Å². The van der Waals surface area contributed by atoms with Crippen molar-refractivity contribution >= 4 is 35.4 Å². The number of hydrogen-bond acceptors (Lipinski definition) is 5. The number of ether oxygens (including phenoxy) is 1. The van der Waals surface area contributed by atoms with Gasteiger partial charge in [0.2, 0.25) is 0 Å². The molecule has 1 aliphatic rings. The molecule has 5 nitrogen and oxygen atoms in total. The Labute approximate surface area is 139 Å². The van der Waals surface area contributed by atoms with Gasteiger partial charge in [0, 0.05) is 19.2 Å². The van der Waals surface area contributed by atoms with Gasteiger partial charge in [-0.25, -0.2) is 4.79 Å². The van der Waals surface area contributed by atoms with E-state index in [1.165, 1.54) is 20.0 Å². The van der Waals surface area contributed by atoms with Gasteiger partial charge in [-0.1, -0.05) is 11.6 Å². The summed E-state index contributed by atoms with van der Waals surface area (Å²) in [7, 11) is 1.32. The number of carbonyl (C=O) groups excluding carboxylic acids is 1. The number of nitrogens with zero attached hydrogens (tertiary/aromatic N) is 2. The normalized spacial score (nSPS) is 14.6. The van der Waals surface area contributed by atoms with Gasteiger partial charge < -0.3 is 14.1 Å². The molecule has 120 valence electrons. The van der Waals surface area contributed by atoms with Crippen molar-refractivity contribution in [2.24, 2.45) is 4.99 Å². The van der Waals surface area contributed by atoms with Gasteiger partial charge in [-0.05, 0) is 37.1 Å². The van der Waals surface area contributed by atoms with Crippen molar-refractivity contribution in [3.8, 4) is 0 Å². The highest BCUT2D eigenvalue weighted by atomic mass is 35.5. The van der Waals surface area contributed by atoms with E-state index in [9.17, 15) is 4.79 Å². The molecule has 2 heterocycles. The Hall–Kier alpha value is -2.27. The minimum atomic E-state index is -0.485. The van der Waals surface area contributed by atoms with Crippen LogP contribution in [0.4, 0.5) is 11.6 Å². The molecule has 0 bridgehead atoms. The van der Waals surface area contributed by atoms with Crippen molar-refractivity contribution in [3.63, 3.8) is 0 Å².